The molecule has 1 atom stereocenters. The number of ether oxygens (including phenoxy) is 1. The van der Waals surface area contributed by atoms with Gasteiger partial charge in [0.2, 0.25) is 0 Å². The SMILES string of the molecule is CC(=O)C[C@]1(O)C(=O)N(CCOc2ccccc2C)c2ccc(C)cc21. The van der Waals surface area contributed by atoms with Crippen molar-refractivity contribution in [2.24, 2.45) is 0 Å². The third-order valence-electron chi connectivity index (χ3n) is 4.66. The molecular weight excluding hydrogens is 330 g/mol. The van der Waals surface area contributed by atoms with Crippen LogP contribution in [0.5, 0.6) is 5.75 Å². The van der Waals surface area contributed by atoms with Gasteiger partial charge in [-0.25, -0.2) is 0 Å². The second-order valence-corrected chi connectivity index (χ2v) is 6.83. The molecule has 0 spiro atoms. The summed E-state index contributed by atoms with van der Waals surface area (Å²) in [6.07, 6.45) is -0.225. The van der Waals surface area contributed by atoms with E-state index < -0.39 is 11.5 Å². The van der Waals surface area contributed by atoms with Crippen LogP contribution in [0.2, 0.25) is 0 Å². The Kier molecular flexibility index (Phi) is 4.83. The number of para-hydroxylation sites is 1. The van der Waals surface area contributed by atoms with Gasteiger partial charge in [0, 0.05) is 12.0 Å². The summed E-state index contributed by atoms with van der Waals surface area (Å²) in [6.45, 7) is 5.82. The highest BCUT2D eigenvalue weighted by Crippen LogP contribution is 2.42. The molecule has 0 saturated heterocycles. The van der Waals surface area contributed by atoms with E-state index >= 15 is 0 Å². The van der Waals surface area contributed by atoms with E-state index in [0.717, 1.165) is 16.9 Å². The molecule has 3 rings (SSSR count). The molecule has 0 unspecified atom stereocenters. The Labute approximate surface area is 153 Å². The minimum absolute atomic E-state index is 0.225. The maximum atomic E-state index is 12.9. The number of carbonyl (C=O) groups is 2. The highest BCUT2D eigenvalue weighted by molar-refractivity contribution is 6.08. The van der Waals surface area contributed by atoms with Crippen LogP contribution in [-0.4, -0.2) is 29.9 Å². The molecule has 0 aromatic heterocycles. The number of benzene rings is 2. The van der Waals surface area contributed by atoms with Crippen molar-refractivity contribution >= 4 is 17.4 Å². The minimum atomic E-state index is -1.80. The highest BCUT2D eigenvalue weighted by atomic mass is 16.5. The Morgan fingerprint density at radius 3 is 2.62 bits per heavy atom. The molecule has 1 aliphatic heterocycles. The average Bonchev–Trinajstić information content (AvgIpc) is 2.77. The van der Waals surface area contributed by atoms with Crippen molar-refractivity contribution in [2.75, 3.05) is 18.1 Å². The summed E-state index contributed by atoms with van der Waals surface area (Å²) in [5.41, 5.74) is 1.28. The molecule has 5 heteroatoms. The van der Waals surface area contributed by atoms with Crippen LogP contribution >= 0.6 is 0 Å². The number of rotatable bonds is 6. The Bertz CT molecular complexity index is 861. The molecule has 0 bridgehead atoms. The lowest BCUT2D eigenvalue weighted by atomic mass is 9.89. The van der Waals surface area contributed by atoms with Gasteiger partial charge in [0.05, 0.1) is 12.2 Å². The molecule has 136 valence electrons. The number of Topliss-reactive ketones (excluding diaryl/α,β-unsaturated/α-hetero) is 1. The third kappa shape index (κ3) is 3.22. The summed E-state index contributed by atoms with van der Waals surface area (Å²) in [5.74, 6) is 0.0651. The smallest absolute Gasteiger partial charge is 0.264 e. The molecule has 1 heterocycles. The van der Waals surface area contributed by atoms with Gasteiger partial charge in [-0.15, -0.1) is 0 Å². The maximum absolute atomic E-state index is 12.9. The van der Waals surface area contributed by atoms with Crippen LogP contribution < -0.4 is 9.64 Å². The number of carbonyl (C=O) groups excluding carboxylic acids is 2. The predicted molar refractivity (Wildman–Crippen MR) is 99.4 cm³/mol. The number of amides is 1. The molecule has 26 heavy (non-hydrogen) atoms. The zero-order valence-electron chi connectivity index (χ0n) is 15.3. The quantitative estimate of drug-likeness (QED) is 0.867. The molecule has 1 aliphatic rings. The van der Waals surface area contributed by atoms with E-state index in [9.17, 15) is 14.7 Å². The Hall–Kier alpha value is -2.66. The molecule has 5 nitrogen and oxygen atoms in total. The number of nitrogens with zero attached hydrogens (tertiary/aromatic N) is 1. The van der Waals surface area contributed by atoms with Crippen LogP contribution in [0.15, 0.2) is 42.5 Å². The first-order valence-corrected chi connectivity index (χ1v) is 8.66. The van der Waals surface area contributed by atoms with Gasteiger partial charge >= 0.3 is 0 Å². The first-order valence-electron chi connectivity index (χ1n) is 8.66. The number of hydrogen-bond donors (Lipinski definition) is 1. The van der Waals surface area contributed by atoms with Gasteiger partial charge in [-0.05, 0) is 38.5 Å². The monoisotopic (exact) mass is 353 g/mol. The molecule has 0 fully saturated rings. The fourth-order valence-electron chi connectivity index (χ4n) is 3.38. The second kappa shape index (κ2) is 6.92. The van der Waals surface area contributed by atoms with Crippen LogP contribution in [0.4, 0.5) is 5.69 Å². The summed E-state index contributed by atoms with van der Waals surface area (Å²) < 4.78 is 5.79. The van der Waals surface area contributed by atoms with E-state index in [1.165, 1.54) is 11.8 Å². The Balaban J connectivity index is 1.83. The number of fused-ring (bicyclic) bond motifs is 1. The van der Waals surface area contributed by atoms with E-state index in [1.807, 2.05) is 50.2 Å². The summed E-state index contributed by atoms with van der Waals surface area (Å²) in [4.78, 5) is 26.1. The fraction of sp³-hybridized carbons (Fsp3) is 0.333. The van der Waals surface area contributed by atoms with Crippen LogP contribution in [0, 0.1) is 13.8 Å². The van der Waals surface area contributed by atoms with Crippen molar-refractivity contribution < 1.29 is 19.4 Å². The van der Waals surface area contributed by atoms with Crippen molar-refractivity contribution in [2.45, 2.75) is 32.8 Å². The second-order valence-electron chi connectivity index (χ2n) is 6.83. The van der Waals surface area contributed by atoms with Crippen LogP contribution in [0.3, 0.4) is 0 Å². The van der Waals surface area contributed by atoms with Crippen LogP contribution in [0.25, 0.3) is 0 Å². The topological polar surface area (TPSA) is 66.8 Å². The molecule has 0 radical (unpaired) electrons. The summed E-state index contributed by atoms with van der Waals surface area (Å²) in [5, 5.41) is 11.0. The van der Waals surface area contributed by atoms with Gasteiger partial charge in [0.25, 0.3) is 5.91 Å². The Morgan fingerprint density at radius 2 is 1.92 bits per heavy atom. The average molecular weight is 353 g/mol. The van der Waals surface area contributed by atoms with Crippen LogP contribution in [0.1, 0.15) is 30.0 Å². The number of ketones is 1. The molecular formula is C21H23NO4. The number of aryl methyl sites for hydroxylation is 2. The molecule has 1 amide bonds. The van der Waals surface area contributed by atoms with Gasteiger partial charge in [-0.3, -0.25) is 9.59 Å². The summed E-state index contributed by atoms with van der Waals surface area (Å²) in [7, 11) is 0. The first-order chi connectivity index (χ1) is 12.3. The van der Waals surface area contributed by atoms with E-state index in [-0.39, 0.29) is 12.2 Å². The largest absolute Gasteiger partial charge is 0.491 e. The maximum Gasteiger partial charge on any atom is 0.264 e. The molecule has 1 N–H and O–H groups in total. The fourth-order valence-corrected chi connectivity index (χ4v) is 3.38. The van der Waals surface area contributed by atoms with Gasteiger partial charge in [0.1, 0.15) is 18.1 Å². The lowest BCUT2D eigenvalue weighted by Crippen LogP contribution is -2.43. The van der Waals surface area contributed by atoms with E-state index in [4.69, 9.17) is 4.74 Å². The summed E-state index contributed by atoms with van der Waals surface area (Å²) in [6, 6.07) is 13.2. The third-order valence-corrected chi connectivity index (χ3v) is 4.66. The number of anilines is 1. The van der Waals surface area contributed by atoms with E-state index in [0.29, 0.717) is 24.4 Å². The van der Waals surface area contributed by atoms with Crippen molar-refractivity contribution in [1.29, 1.82) is 0 Å². The van der Waals surface area contributed by atoms with Gasteiger partial charge in [-0.2, -0.15) is 0 Å². The minimum Gasteiger partial charge on any atom is -0.491 e. The molecule has 2 aromatic carbocycles. The zero-order chi connectivity index (χ0) is 18.9. The molecule has 0 saturated carbocycles. The van der Waals surface area contributed by atoms with Crippen LogP contribution in [-0.2, 0) is 15.2 Å². The normalized spacial score (nSPS) is 18.8. The number of hydrogen-bond acceptors (Lipinski definition) is 4. The molecule has 0 aliphatic carbocycles. The number of aliphatic hydroxyl groups is 1. The van der Waals surface area contributed by atoms with Crippen molar-refractivity contribution in [1.82, 2.24) is 0 Å². The first kappa shape index (κ1) is 18.1. The Morgan fingerprint density at radius 1 is 1.19 bits per heavy atom. The summed E-state index contributed by atoms with van der Waals surface area (Å²) >= 11 is 0. The highest BCUT2D eigenvalue weighted by Gasteiger charge is 2.50. The zero-order valence-corrected chi connectivity index (χ0v) is 15.3. The van der Waals surface area contributed by atoms with Gasteiger partial charge in [-0.1, -0.05) is 35.9 Å². The van der Waals surface area contributed by atoms with Gasteiger partial charge < -0.3 is 14.7 Å². The standard InChI is InChI=1S/C21H23NO4/c1-14-8-9-18-17(12-14)21(25,13-16(3)23)20(24)22(18)10-11-26-19-7-5-4-6-15(19)2/h4-9,12,25H,10-11,13H2,1-3H3/t21-/m1/s1. The van der Waals surface area contributed by atoms with Crippen molar-refractivity contribution in [3.05, 3.63) is 59.2 Å². The lowest BCUT2D eigenvalue weighted by molar-refractivity contribution is -0.141. The predicted octanol–water partition coefficient (Wildman–Crippen LogP) is 2.90. The lowest BCUT2D eigenvalue weighted by Gasteiger charge is -2.22. The van der Waals surface area contributed by atoms with Gasteiger partial charge in [0.15, 0.2) is 5.60 Å². The molecule has 2 aromatic rings. The van der Waals surface area contributed by atoms with E-state index in [1.54, 1.807) is 6.07 Å². The van der Waals surface area contributed by atoms with Crippen molar-refractivity contribution in [3.8, 4) is 5.75 Å². The van der Waals surface area contributed by atoms with E-state index in [2.05, 4.69) is 0 Å². The van der Waals surface area contributed by atoms with Crippen molar-refractivity contribution in [3.63, 3.8) is 0 Å².